The summed E-state index contributed by atoms with van der Waals surface area (Å²) in [6.45, 7) is 0. The Bertz CT molecular complexity index is 894. The van der Waals surface area contributed by atoms with Crippen LogP contribution in [-0.4, -0.2) is 26.3 Å². The van der Waals surface area contributed by atoms with Crippen molar-refractivity contribution in [1.82, 2.24) is 0 Å². The van der Waals surface area contributed by atoms with Gasteiger partial charge in [-0.05, 0) is 0 Å². The third-order valence-corrected chi connectivity index (χ3v) is 10.8. The molecule has 2 heteroatoms. The Balaban J connectivity index is 1.36. The van der Waals surface area contributed by atoms with E-state index in [9.17, 15) is 0 Å². The van der Waals surface area contributed by atoms with E-state index in [4.69, 9.17) is 0 Å². The van der Waals surface area contributed by atoms with Gasteiger partial charge in [0.25, 0.3) is 0 Å². The first kappa shape index (κ1) is 15.9. The first-order valence-corrected chi connectivity index (χ1v) is 14.8. The number of hydrogen-bond donors (Lipinski definition) is 0. The van der Waals surface area contributed by atoms with E-state index < -0.39 is 0 Å². The van der Waals surface area contributed by atoms with Crippen LogP contribution in [0.15, 0.2) is 84.9 Å². The van der Waals surface area contributed by atoms with Crippen molar-refractivity contribution in [3.8, 4) is 0 Å². The molecule has 4 aromatic rings. The van der Waals surface area contributed by atoms with Gasteiger partial charge in [0.05, 0.1) is 0 Å². The maximum absolute atomic E-state index is 2.36. The fraction of sp³-hybridized carbons (Fsp3) is 0.0909. The van der Waals surface area contributed by atoms with Crippen LogP contribution in [0.3, 0.4) is 0 Å². The normalized spacial score (nSPS) is 11.2. The molecule has 0 heterocycles. The summed E-state index contributed by atoms with van der Waals surface area (Å²) in [6.07, 6.45) is 0. The van der Waals surface area contributed by atoms with Crippen LogP contribution in [-0.2, 0) is 10.6 Å². The Morgan fingerprint density at radius 3 is 1.33 bits per heavy atom. The summed E-state index contributed by atoms with van der Waals surface area (Å²) in [4.78, 5) is 0. The Labute approximate surface area is 154 Å². The second-order valence-electron chi connectivity index (χ2n) is 5.89. The van der Waals surface area contributed by atoms with Crippen LogP contribution in [0.2, 0.25) is 0 Å². The molecule has 0 aliphatic carbocycles. The van der Waals surface area contributed by atoms with E-state index in [-0.39, 0.29) is 0 Å². The Hall–Kier alpha value is -1.56. The summed E-state index contributed by atoms with van der Waals surface area (Å²) < 4.78 is 0. The third-order valence-electron chi connectivity index (χ3n) is 4.16. The minimum absolute atomic E-state index is 0.723. The van der Waals surface area contributed by atoms with Gasteiger partial charge < -0.3 is 0 Å². The molecule has 0 fully saturated rings. The van der Waals surface area contributed by atoms with E-state index in [1.807, 2.05) is 0 Å². The molecule has 0 aliphatic rings. The second-order valence-corrected chi connectivity index (χ2v) is 13.2. The standard InChI is InChI=1S/C22H18Se2/c1-3-7-21-13-17(9-11-19(21)5-1)15-23-24-16-18-10-12-20-6-2-4-8-22(20)14-18/h1-14H,15-16H2. The number of hydrogen-bond acceptors (Lipinski definition) is 0. The number of fused-ring (bicyclic) bond motifs is 2. The summed E-state index contributed by atoms with van der Waals surface area (Å²) in [5.74, 6) is 0. The van der Waals surface area contributed by atoms with Crippen molar-refractivity contribution in [2.45, 2.75) is 10.6 Å². The van der Waals surface area contributed by atoms with E-state index in [0.717, 1.165) is 26.3 Å². The van der Waals surface area contributed by atoms with Gasteiger partial charge in [-0.25, -0.2) is 0 Å². The zero-order valence-corrected chi connectivity index (χ0v) is 16.7. The van der Waals surface area contributed by atoms with E-state index in [1.165, 1.54) is 43.3 Å². The molecule has 0 aliphatic heterocycles. The Morgan fingerprint density at radius 2 is 0.875 bits per heavy atom. The zero-order valence-electron chi connectivity index (χ0n) is 13.3. The minimum atomic E-state index is 0.723. The van der Waals surface area contributed by atoms with Crippen LogP contribution >= 0.6 is 0 Å². The van der Waals surface area contributed by atoms with Gasteiger partial charge in [-0.1, -0.05) is 0 Å². The van der Waals surface area contributed by atoms with E-state index in [0.29, 0.717) is 0 Å². The third kappa shape index (κ3) is 3.74. The predicted molar refractivity (Wildman–Crippen MR) is 107 cm³/mol. The molecular formula is C22H18Se2. The van der Waals surface area contributed by atoms with Gasteiger partial charge in [-0.15, -0.1) is 0 Å². The van der Waals surface area contributed by atoms with Crippen molar-refractivity contribution in [2.24, 2.45) is 0 Å². The molecule has 0 atom stereocenters. The second kappa shape index (κ2) is 7.55. The average molecular weight is 440 g/mol. The Morgan fingerprint density at radius 1 is 0.458 bits per heavy atom. The topological polar surface area (TPSA) is 0 Å². The molecule has 0 saturated heterocycles. The zero-order chi connectivity index (χ0) is 16.2. The monoisotopic (exact) mass is 442 g/mol. The Kier molecular flexibility index (Phi) is 5.01. The average Bonchev–Trinajstić information content (AvgIpc) is 2.65. The van der Waals surface area contributed by atoms with Gasteiger partial charge >= 0.3 is 155 Å². The van der Waals surface area contributed by atoms with Gasteiger partial charge in [0.2, 0.25) is 0 Å². The molecule has 0 bridgehead atoms. The van der Waals surface area contributed by atoms with Crippen LogP contribution in [0.1, 0.15) is 11.1 Å². The van der Waals surface area contributed by atoms with Gasteiger partial charge in [-0.2, -0.15) is 0 Å². The molecule has 4 aromatic carbocycles. The van der Waals surface area contributed by atoms with Crippen molar-refractivity contribution in [3.63, 3.8) is 0 Å². The molecule has 0 radical (unpaired) electrons. The predicted octanol–water partition coefficient (Wildman–Crippen LogP) is 5.02. The summed E-state index contributed by atoms with van der Waals surface area (Å²) in [5, 5.41) is 7.93. The molecule has 118 valence electrons. The fourth-order valence-electron chi connectivity index (χ4n) is 2.88. The van der Waals surface area contributed by atoms with Crippen LogP contribution in [0.25, 0.3) is 21.5 Å². The number of rotatable bonds is 5. The van der Waals surface area contributed by atoms with Crippen LogP contribution in [0, 0.1) is 0 Å². The molecule has 0 saturated carbocycles. The molecule has 0 unspecified atom stereocenters. The van der Waals surface area contributed by atoms with Crippen molar-refractivity contribution < 1.29 is 0 Å². The van der Waals surface area contributed by atoms with E-state index >= 15 is 0 Å². The molecular weight excluding hydrogens is 422 g/mol. The summed E-state index contributed by atoms with van der Waals surface area (Å²) >= 11 is 1.45. The maximum atomic E-state index is 2.36. The first-order chi connectivity index (χ1) is 11.9. The van der Waals surface area contributed by atoms with Gasteiger partial charge in [-0.3, -0.25) is 0 Å². The van der Waals surface area contributed by atoms with Gasteiger partial charge in [0.1, 0.15) is 0 Å². The molecule has 24 heavy (non-hydrogen) atoms. The summed E-state index contributed by atoms with van der Waals surface area (Å²) in [6, 6.07) is 31.1. The van der Waals surface area contributed by atoms with Crippen LogP contribution in [0.4, 0.5) is 0 Å². The van der Waals surface area contributed by atoms with Crippen molar-refractivity contribution >= 4 is 47.8 Å². The molecule has 0 nitrogen and oxygen atoms in total. The molecule has 0 N–H and O–H groups in total. The number of benzene rings is 4. The quantitative estimate of drug-likeness (QED) is 0.302. The van der Waals surface area contributed by atoms with Crippen LogP contribution in [0.5, 0.6) is 0 Å². The van der Waals surface area contributed by atoms with E-state index in [2.05, 4.69) is 84.9 Å². The summed E-state index contributed by atoms with van der Waals surface area (Å²) in [7, 11) is 0. The van der Waals surface area contributed by atoms with Gasteiger partial charge in [0, 0.05) is 0 Å². The van der Waals surface area contributed by atoms with E-state index in [1.54, 1.807) is 0 Å². The SMILES string of the molecule is c1ccc2cc(C[Se][Se]Cc3ccc4ccccc4c3)ccc2c1. The van der Waals surface area contributed by atoms with Crippen molar-refractivity contribution in [3.05, 3.63) is 96.1 Å². The first-order valence-electron chi connectivity index (χ1n) is 8.08. The molecule has 0 aromatic heterocycles. The summed E-state index contributed by atoms with van der Waals surface area (Å²) in [5.41, 5.74) is 2.99. The fourth-order valence-corrected chi connectivity index (χ4v) is 9.33. The molecule has 4 rings (SSSR count). The van der Waals surface area contributed by atoms with Crippen molar-refractivity contribution in [2.75, 3.05) is 0 Å². The van der Waals surface area contributed by atoms with Crippen LogP contribution < -0.4 is 0 Å². The van der Waals surface area contributed by atoms with Gasteiger partial charge in [0.15, 0.2) is 0 Å². The molecule has 0 amide bonds. The van der Waals surface area contributed by atoms with Crippen molar-refractivity contribution in [1.29, 1.82) is 0 Å². The molecule has 0 spiro atoms.